The van der Waals surface area contributed by atoms with Crippen molar-refractivity contribution in [3.05, 3.63) is 65.2 Å². The van der Waals surface area contributed by atoms with E-state index in [1.807, 2.05) is 7.05 Å². The molecule has 8 nitrogen and oxygen atoms in total. The maximum atomic E-state index is 12.6. The van der Waals surface area contributed by atoms with Gasteiger partial charge < -0.3 is 15.0 Å². The van der Waals surface area contributed by atoms with Crippen LogP contribution in [0.5, 0.6) is 0 Å². The van der Waals surface area contributed by atoms with E-state index in [4.69, 9.17) is 4.74 Å². The minimum Gasteiger partial charge on any atom is -0.462 e. The van der Waals surface area contributed by atoms with E-state index in [0.717, 1.165) is 13.1 Å². The lowest BCUT2D eigenvalue weighted by Gasteiger charge is -2.31. The number of carbonyl (C=O) groups is 2. The first kappa shape index (κ1) is 22.9. The molecular formula is C22H27N3O5S. The summed E-state index contributed by atoms with van der Waals surface area (Å²) in [6, 6.07) is 13.0. The Kier molecular flexibility index (Phi) is 7.42. The van der Waals surface area contributed by atoms with E-state index in [2.05, 4.69) is 10.2 Å². The van der Waals surface area contributed by atoms with Crippen molar-refractivity contribution in [1.29, 1.82) is 0 Å². The van der Waals surface area contributed by atoms with Crippen LogP contribution in [0.1, 0.15) is 33.2 Å². The Bertz CT molecular complexity index is 1030. The number of anilines is 1. The van der Waals surface area contributed by atoms with Crippen LogP contribution in [0.2, 0.25) is 0 Å². The Hall–Kier alpha value is -2.75. The van der Waals surface area contributed by atoms with Crippen molar-refractivity contribution in [2.75, 3.05) is 45.2 Å². The lowest BCUT2D eigenvalue weighted by atomic mass is 10.1. The molecule has 3 rings (SSSR count). The molecule has 166 valence electrons. The number of hydrogen-bond acceptors (Lipinski definition) is 6. The molecule has 1 aliphatic rings. The normalized spacial score (nSPS) is 15.4. The highest BCUT2D eigenvalue weighted by molar-refractivity contribution is 7.88. The number of esters is 1. The number of sulfonamides is 1. The van der Waals surface area contributed by atoms with Crippen LogP contribution in [0.25, 0.3) is 0 Å². The molecule has 1 fully saturated rings. The van der Waals surface area contributed by atoms with Gasteiger partial charge >= 0.3 is 5.97 Å². The number of nitrogens with zero attached hydrogens (tertiary/aromatic N) is 2. The van der Waals surface area contributed by atoms with Gasteiger partial charge in [-0.2, -0.15) is 4.31 Å². The van der Waals surface area contributed by atoms with Gasteiger partial charge in [-0.15, -0.1) is 0 Å². The lowest BCUT2D eigenvalue weighted by Crippen LogP contribution is -2.47. The molecule has 0 radical (unpaired) electrons. The van der Waals surface area contributed by atoms with Gasteiger partial charge in [0.05, 0.1) is 17.9 Å². The van der Waals surface area contributed by atoms with Crippen molar-refractivity contribution in [1.82, 2.24) is 9.21 Å². The molecular weight excluding hydrogens is 418 g/mol. The molecule has 0 spiro atoms. The minimum atomic E-state index is -3.40. The second-order valence-corrected chi connectivity index (χ2v) is 9.38. The van der Waals surface area contributed by atoms with E-state index in [1.165, 1.54) is 4.31 Å². The molecule has 1 saturated heterocycles. The second kappa shape index (κ2) is 10.0. The fourth-order valence-corrected chi connectivity index (χ4v) is 4.78. The van der Waals surface area contributed by atoms with Crippen LogP contribution in [0, 0.1) is 0 Å². The summed E-state index contributed by atoms with van der Waals surface area (Å²) in [7, 11) is -1.42. The molecule has 2 aromatic carbocycles. The highest BCUT2D eigenvalue weighted by Gasteiger charge is 2.25. The fraction of sp³-hybridized carbons (Fsp3) is 0.364. The zero-order valence-corrected chi connectivity index (χ0v) is 18.5. The van der Waals surface area contributed by atoms with Crippen molar-refractivity contribution < 1.29 is 22.7 Å². The van der Waals surface area contributed by atoms with E-state index in [-0.39, 0.29) is 18.3 Å². The number of benzene rings is 2. The molecule has 0 unspecified atom stereocenters. The first-order valence-corrected chi connectivity index (χ1v) is 11.7. The average molecular weight is 446 g/mol. The molecule has 0 aromatic heterocycles. The summed E-state index contributed by atoms with van der Waals surface area (Å²) >= 11 is 0. The summed E-state index contributed by atoms with van der Waals surface area (Å²) in [6.07, 6.45) is 0. The number of likely N-dealkylation sites (N-methyl/N-ethyl adjacent to an activating group) is 1. The molecule has 31 heavy (non-hydrogen) atoms. The molecule has 0 aliphatic carbocycles. The predicted octanol–water partition coefficient (Wildman–Crippen LogP) is 2.19. The van der Waals surface area contributed by atoms with Gasteiger partial charge in [0.25, 0.3) is 5.91 Å². The molecule has 0 bridgehead atoms. The van der Waals surface area contributed by atoms with Crippen molar-refractivity contribution in [2.45, 2.75) is 12.7 Å². The standard InChI is InChI=1S/C22H27N3O5S/c1-3-30-22(27)19-5-4-6-20(15-19)23-21(26)18-9-7-17(8-10-18)16-31(28,29)25-13-11-24(2)12-14-25/h4-10,15H,3,11-14,16H2,1-2H3,(H,23,26). The second-order valence-electron chi connectivity index (χ2n) is 7.41. The van der Waals surface area contributed by atoms with Gasteiger partial charge in [-0.1, -0.05) is 18.2 Å². The zero-order valence-electron chi connectivity index (χ0n) is 17.7. The number of hydrogen-bond donors (Lipinski definition) is 1. The third kappa shape index (κ3) is 6.13. The summed E-state index contributed by atoms with van der Waals surface area (Å²) in [4.78, 5) is 26.5. The van der Waals surface area contributed by atoms with E-state index in [9.17, 15) is 18.0 Å². The maximum Gasteiger partial charge on any atom is 0.338 e. The van der Waals surface area contributed by atoms with E-state index >= 15 is 0 Å². The molecule has 9 heteroatoms. The molecule has 1 amide bonds. The highest BCUT2D eigenvalue weighted by atomic mass is 32.2. The molecule has 1 heterocycles. The van der Waals surface area contributed by atoms with E-state index < -0.39 is 16.0 Å². The molecule has 2 aromatic rings. The summed E-state index contributed by atoms with van der Waals surface area (Å²) in [5.41, 5.74) is 1.84. The third-order valence-corrected chi connectivity index (χ3v) is 6.90. The predicted molar refractivity (Wildman–Crippen MR) is 118 cm³/mol. The quantitative estimate of drug-likeness (QED) is 0.657. The number of rotatable bonds is 7. The minimum absolute atomic E-state index is 0.0970. The molecule has 1 aliphatic heterocycles. The summed E-state index contributed by atoms with van der Waals surface area (Å²) < 4.78 is 31.8. The first-order chi connectivity index (χ1) is 14.8. The SMILES string of the molecule is CCOC(=O)c1cccc(NC(=O)c2ccc(CS(=O)(=O)N3CCN(C)CC3)cc2)c1. The van der Waals surface area contributed by atoms with Crippen LogP contribution in [0.15, 0.2) is 48.5 Å². The van der Waals surface area contributed by atoms with Crippen molar-refractivity contribution in [3.8, 4) is 0 Å². The fourth-order valence-electron chi connectivity index (χ4n) is 3.26. The monoisotopic (exact) mass is 445 g/mol. The van der Waals surface area contributed by atoms with Crippen molar-refractivity contribution in [2.24, 2.45) is 0 Å². The Balaban J connectivity index is 1.63. The summed E-state index contributed by atoms with van der Waals surface area (Å²) in [5.74, 6) is -0.904. The Labute approximate surface area is 182 Å². The third-order valence-electron chi connectivity index (χ3n) is 5.05. The largest absolute Gasteiger partial charge is 0.462 e. The number of nitrogens with one attached hydrogen (secondary N) is 1. The Morgan fingerprint density at radius 1 is 1.00 bits per heavy atom. The zero-order chi connectivity index (χ0) is 22.4. The van der Waals surface area contributed by atoms with Crippen LogP contribution in [0.4, 0.5) is 5.69 Å². The van der Waals surface area contributed by atoms with Crippen LogP contribution < -0.4 is 5.32 Å². The van der Waals surface area contributed by atoms with Crippen molar-refractivity contribution in [3.63, 3.8) is 0 Å². The molecule has 0 atom stereocenters. The van der Waals surface area contributed by atoms with E-state index in [1.54, 1.807) is 55.5 Å². The van der Waals surface area contributed by atoms with Gasteiger partial charge in [-0.05, 0) is 49.9 Å². The number of piperazine rings is 1. The maximum absolute atomic E-state index is 12.6. The van der Waals surface area contributed by atoms with Gasteiger partial charge in [0.15, 0.2) is 0 Å². The smallest absolute Gasteiger partial charge is 0.338 e. The van der Waals surface area contributed by atoms with Gasteiger partial charge in [-0.3, -0.25) is 4.79 Å². The van der Waals surface area contributed by atoms with Gasteiger partial charge in [0.1, 0.15) is 0 Å². The Morgan fingerprint density at radius 3 is 2.32 bits per heavy atom. The summed E-state index contributed by atoms with van der Waals surface area (Å²) in [5, 5.41) is 2.74. The number of ether oxygens (including phenoxy) is 1. The number of amides is 1. The van der Waals surface area contributed by atoms with Crippen LogP contribution >= 0.6 is 0 Å². The average Bonchev–Trinajstić information content (AvgIpc) is 2.74. The van der Waals surface area contributed by atoms with Crippen LogP contribution in [-0.4, -0.2) is 69.3 Å². The number of carbonyl (C=O) groups excluding carboxylic acids is 2. The van der Waals surface area contributed by atoms with Gasteiger partial charge in [0.2, 0.25) is 10.0 Å². The topological polar surface area (TPSA) is 96.0 Å². The Morgan fingerprint density at radius 2 is 1.68 bits per heavy atom. The molecule has 1 N–H and O–H groups in total. The van der Waals surface area contributed by atoms with Crippen LogP contribution in [-0.2, 0) is 20.5 Å². The molecule has 0 saturated carbocycles. The van der Waals surface area contributed by atoms with E-state index in [0.29, 0.717) is 35.5 Å². The van der Waals surface area contributed by atoms with Gasteiger partial charge in [0, 0.05) is 37.4 Å². The first-order valence-electron chi connectivity index (χ1n) is 10.1. The summed E-state index contributed by atoms with van der Waals surface area (Å²) in [6.45, 7) is 4.41. The van der Waals surface area contributed by atoms with Crippen molar-refractivity contribution >= 4 is 27.6 Å². The van der Waals surface area contributed by atoms with Gasteiger partial charge in [-0.25, -0.2) is 13.2 Å². The lowest BCUT2D eigenvalue weighted by molar-refractivity contribution is 0.0526. The highest BCUT2D eigenvalue weighted by Crippen LogP contribution is 2.16. The van der Waals surface area contributed by atoms with Crippen LogP contribution in [0.3, 0.4) is 0 Å².